The lowest BCUT2D eigenvalue weighted by Crippen LogP contribution is -2.51. The molecule has 0 unspecified atom stereocenters. The lowest BCUT2D eigenvalue weighted by atomic mass is 9.91. The van der Waals surface area contributed by atoms with Crippen molar-refractivity contribution in [3.63, 3.8) is 0 Å². The van der Waals surface area contributed by atoms with E-state index in [0.717, 1.165) is 36.1 Å². The molecule has 0 bridgehead atoms. The highest BCUT2D eigenvalue weighted by atomic mass is 35.5. The highest BCUT2D eigenvalue weighted by molar-refractivity contribution is 7.14. The third-order valence-electron chi connectivity index (χ3n) is 5.72. The maximum absolute atomic E-state index is 12.5. The number of nitrogens with zero attached hydrogens (tertiary/aromatic N) is 2. The molecule has 2 fully saturated rings. The number of nitrogens with one attached hydrogen (secondary N) is 1. The van der Waals surface area contributed by atoms with E-state index >= 15 is 0 Å². The minimum absolute atomic E-state index is 0.0583. The van der Waals surface area contributed by atoms with Crippen LogP contribution >= 0.6 is 34.5 Å². The van der Waals surface area contributed by atoms with Crippen molar-refractivity contribution in [2.75, 3.05) is 26.2 Å². The zero-order chi connectivity index (χ0) is 19.5. The van der Waals surface area contributed by atoms with Gasteiger partial charge in [0.15, 0.2) is 0 Å². The van der Waals surface area contributed by atoms with Gasteiger partial charge < -0.3 is 5.32 Å². The zero-order valence-electron chi connectivity index (χ0n) is 15.8. The summed E-state index contributed by atoms with van der Waals surface area (Å²) in [5, 5.41) is 4.11. The molecule has 1 aromatic carbocycles. The Bertz CT molecular complexity index is 829. The van der Waals surface area contributed by atoms with Gasteiger partial charge in [-0.1, -0.05) is 35.7 Å². The minimum atomic E-state index is -0.0583. The Morgan fingerprint density at radius 1 is 1.11 bits per heavy atom. The average molecular weight is 438 g/mol. The number of benzene rings is 1. The highest BCUT2D eigenvalue weighted by Gasteiger charge is 2.27. The van der Waals surface area contributed by atoms with E-state index in [1.807, 2.05) is 12.1 Å². The van der Waals surface area contributed by atoms with Gasteiger partial charge in [0, 0.05) is 60.2 Å². The number of carbonyl (C=O) groups excluding carboxylic acids is 1. The van der Waals surface area contributed by atoms with Gasteiger partial charge in [-0.2, -0.15) is 0 Å². The van der Waals surface area contributed by atoms with Crippen molar-refractivity contribution in [3.05, 3.63) is 55.7 Å². The Labute approximate surface area is 180 Å². The van der Waals surface area contributed by atoms with Gasteiger partial charge in [-0.25, -0.2) is 0 Å². The molecule has 2 aliphatic rings. The molecule has 1 aliphatic heterocycles. The summed E-state index contributed by atoms with van der Waals surface area (Å²) >= 11 is 13.7. The molecule has 1 aromatic heterocycles. The van der Waals surface area contributed by atoms with E-state index in [2.05, 4.69) is 21.2 Å². The van der Waals surface area contributed by atoms with Crippen LogP contribution in [0.4, 0.5) is 0 Å². The van der Waals surface area contributed by atoms with Gasteiger partial charge in [-0.3, -0.25) is 14.6 Å². The maximum atomic E-state index is 12.5. The summed E-state index contributed by atoms with van der Waals surface area (Å²) in [7, 11) is 0. The molecule has 150 valence electrons. The van der Waals surface area contributed by atoms with E-state index in [-0.39, 0.29) is 5.91 Å². The van der Waals surface area contributed by atoms with Crippen LogP contribution in [0.25, 0.3) is 0 Å². The van der Waals surface area contributed by atoms with Crippen LogP contribution < -0.4 is 5.32 Å². The molecule has 1 amide bonds. The van der Waals surface area contributed by atoms with Crippen molar-refractivity contribution < 1.29 is 4.79 Å². The first-order valence-electron chi connectivity index (χ1n) is 9.86. The third-order valence-corrected chi connectivity index (χ3v) is 7.37. The van der Waals surface area contributed by atoms with Gasteiger partial charge in [0.2, 0.25) is 0 Å². The quantitative estimate of drug-likeness (QED) is 0.713. The lowest BCUT2D eigenvalue weighted by Gasteiger charge is -2.42. The number of hydrogen-bond acceptors (Lipinski definition) is 4. The molecule has 4 nitrogen and oxygen atoms in total. The first kappa shape index (κ1) is 20.2. The molecule has 4 rings (SSSR count). The molecule has 1 aliphatic carbocycles. The number of carbonyl (C=O) groups is 1. The second kappa shape index (κ2) is 9.14. The van der Waals surface area contributed by atoms with Gasteiger partial charge in [-0.05, 0) is 42.7 Å². The second-order valence-corrected chi connectivity index (χ2v) is 9.59. The van der Waals surface area contributed by atoms with Crippen LogP contribution in [0.2, 0.25) is 10.0 Å². The Balaban J connectivity index is 1.26. The topological polar surface area (TPSA) is 35.6 Å². The smallest absolute Gasteiger partial charge is 0.261 e. The standard InChI is InChI=1S/C21H25Cl2N3OS/c22-16-5-4-15(19(23)12-16)13-24-21(27)20-7-6-18(28-20)14-25-8-10-26(11-9-25)17-2-1-3-17/h4-7,12,17H,1-3,8-11,13-14H2,(H,24,27). The van der Waals surface area contributed by atoms with Gasteiger partial charge in [-0.15, -0.1) is 11.3 Å². The molecule has 0 atom stereocenters. The fourth-order valence-corrected chi connectivity index (χ4v) is 5.21. The van der Waals surface area contributed by atoms with Crippen molar-refractivity contribution in [2.24, 2.45) is 0 Å². The third kappa shape index (κ3) is 4.89. The summed E-state index contributed by atoms with van der Waals surface area (Å²) in [6, 6.07) is 10.2. The van der Waals surface area contributed by atoms with E-state index in [1.54, 1.807) is 23.5 Å². The van der Waals surface area contributed by atoms with E-state index in [0.29, 0.717) is 16.6 Å². The molecule has 7 heteroatoms. The van der Waals surface area contributed by atoms with Crippen LogP contribution in [-0.4, -0.2) is 47.9 Å². The highest BCUT2D eigenvalue weighted by Crippen LogP contribution is 2.26. The van der Waals surface area contributed by atoms with Crippen molar-refractivity contribution in [1.29, 1.82) is 0 Å². The van der Waals surface area contributed by atoms with Crippen LogP contribution in [0, 0.1) is 0 Å². The minimum Gasteiger partial charge on any atom is -0.347 e. The summed E-state index contributed by atoms with van der Waals surface area (Å²) in [6.45, 7) is 5.90. The molecule has 1 saturated carbocycles. The van der Waals surface area contributed by atoms with Crippen molar-refractivity contribution >= 4 is 40.4 Å². The molecule has 28 heavy (non-hydrogen) atoms. The fraction of sp³-hybridized carbons (Fsp3) is 0.476. The number of halogens is 2. The molecule has 2 aromatic rings. The number of thiophene rings is 1. The Kier molecular flexibility index (Phi) is 6.59. The molecule has 0 radical (unpaired) electrons. The predicted octanol–water partition coefficient (Wildman–Crippen LogP) is 4.66. The first-order valence-corrected chi connectivity index (χ1v) is 11.4. The molecular formula is C21H25Cl2N3OS. The van der Waals surface area contributed by atoms with E-state index < -0.39 is 0 Å². The van der Waals surface area contributed by atoms with Crippen LogP contribution in [0.5, 0.6) is 0 Å². The summed E-state index contributed by atoms with van der Waals surface area (Å²) in [5.41, 5.74) is 0.862. The van der Waals surface area contributed by atoms with Crippen molar-refractivity contribution in [2.45, 2.75) is 38.4 Å². The van der Waals surface area contributed by atoms with Gasteiger partial charge >= 0.3 is 0 Å². The van der Waals surface area contributed by atoms with Gasteiger partial charge in [0.25, 0.3) is 5.91 Å². The Morgan fingerprint density at radius 3 is 2.57 bits per heavy atom. The van der Waals surface area contributed by atoms with Gasteiger partial charge in [0.1, 0.15) is 0 Å². The summed E-state index contributed by atoms with van der Waals surface area (Å²) in [6.07, 6.45) is 4.16. The van der Waals surface area contributed by atoms with Gasteiger partial charge in [0.05, 0.1) is 4.88 Å². The second-order valence-electron chi connectivity index (χ2n) is 7.58. The van der Waals surface area contributed by atoms with E-state index in [9.17, 15) is 4.79 Å². The number of hydrogen-bond donors (Lipinski definition) is 1. The van der Waals surface area contributed by atoms with Crippen LogP contribution in [0.15, 0.2) is 30.3 Å². The van der Waals surface area contributed by atoms with E-state index in [4.69, 9.17) is 23.2 Å². The monoisotopic (exact) mass is 437 g/mol. The summed E-state index contributed by atoms with van der Waals surface area (Å²) in [5.74, 6) is -0.0583. The zero-order valence-corrected chi connectivity index (χ0v) is 18.1. The van der Waals surface area contributed by atoms with Crippen LogP contribution in [0.3, 0.4) is 0 Å². The largest absolute Gasteiger partial charge is 0.347 e. The SMILES string of the molecule is O=C(NCc1ccc(Cl)cc1Cl)c1ccc(CN2CCN(C3CCC3)CC2)s1. The predicted molar refractivity (Wildman–Crippen MR) is 116 cm³/mol. The number of piperazine rings is 1. The number of rotatable bonds is 6. The summed E-state index contributed by atoms with van der Waals surface area (Å²) < 4.78 is 0. The maximum Gasteiger partial charge on any atom is 0.261 e. The van der Waals surface area contributed by atoms with Crippen molar-refractivity contribution in [1.82, 2.24) is 15.1 Å². The first-order chi connectivity index (χ1) is 13.6. The molecule has 2 heterocycles. The Hall–Kier alpha value is -1.11. The van der Waals surface area contributed by atoms with Crippen LogP contribution in [-0.2, 0) is 13.1 Å². The average Bonchev–Trinajstić information content (AvgIpc) is 3.09. The normalized spacial score (nSPS) is 18.8. The van der Waals surface area contributed by atoms with E-state index in [1.165, 1.54) is 37.2 Å². The number of amides is 1. The molecule has 1 saturated heterocycles. The molecular weight excluding hydrogens is 413 g/mol. The summed E-state index contributed by atoms with van der Waals surface area (Å²) in [4.78, 5) is 19.6. The van der Waals surface area contributed by atoms with Crippen molar-refractivity contribution in [3.8, 4) is 0 Å². The lowest BCUT2D eigenvalue weighted by molar-refractivity contribution is 0.0591. The fourth-order valence-electron chi connectivity index (χ4n) is 3.77. The molecule has 1 N–H and O–H groups in total. The molecule has 0 spiro atoms. The van der Waals surface area contributed by atoms with Crippen LogP contribution in [0.1, 0.15) is 39.4 Å². The Morgan fingerprint density at radius 2 is 1.89 bits per heavy atom.